The molecule has 8 nitrogen and oxygen atoms in total. The Bertz CT molecular complexity index is 1650. The quantitative estimate of drug-likeness (QED) is 0.218. The van der Waals surface area contributed by atoms with Crippen LogP contribution in [0.2, 0.25) is 5.02 Å². The molecule has 3 aromatic carbocycles. The minimum Gasteiger partial charge on any atom is -0.465 e. The van der Waals surface area contributed by atoms with Crippen molar-refractivity contribution in [3.8, 4) is 17.2 Å². The standard InChI is InChI=1S/C26H15ClO8/c1-31-25(29)14-2-5-17(6-3-14)33-23-13-32-21-12-18(7-8-19(21)24(23)28)34-26(30)22-11-15-10-16(27)4-9-20(15)35-22/h2-13H,1H3. The fourth-order valence-electron chi connectivity index (χ4n) is 3.40. The van der Waals surface area contributed by atoms with Crippen molar-refractivity contribution >= 4 is 45.5 Å². The van der Waals surface area contributed by atoms with Crippen LogP contribution >= 0.6 is 11.6 Å². The van der Waals surface area contributed by atoms with E-state index in [9.17, 15) is 14.4 Å². The number of fused-ring (bicyclic) bond motifs is 2. The van der Waals surface area contributed by atoms with E-state index in [0.29, 0.717) is 27.3 Å². The average Bonchev–Trinajstić information content (AvgIpc) is 3.29. The molecule has 0 N–H and O–H groups in total. The van der Waals surface area contributed by atoms with Gasteiger partial charge in [-0.1, -0.05) is 11.6 Å². The average molecular weight is 491 g/mol. The van der Waals surface area contributed by atoms with Gasteiger partial charge in [-0.25, -0.2) is 9.59 Å². The molecular weight excluding hydrogens is 476 g/mol. The largest absolute Gasteiger partial charge is 0.465 e. The van der Waals surface area contributed by atoms with E-state index in [1.807, 2.05) is 0 Å². The molecule has 0 aliphatic carbocycles. The van der Waals surface area contributed by atoms with Gasteiger partial charge in [0, 0.05) is 16.5 Å². The maximum absolute atomic E-state index is 12.8. The third-order valence-electron chi connectivity index (χ3n) is 5.11. The number of carbonyl (C=O) groups excluding carboxylic acids is 2. The van der Waals surface area contributed by atoms with Crippen molar-refractivity contribution in [1.29, 1.82) is 0 Å². The van der Waals surface area contributed by atoms with Crippen LogP contribution in [0.1, 0.15) is 20.9 Å². The summed E-state index contributed by atoms with van der Waals surface area (Å²) in [4.78, 5) is 36.9. The molecule has 9 heteroatoms. The summed E-state index contributed by atoms with van der Waals surface area (Å²) < 4.78 is 26.7. The summed E-state index contributed by atoms with van der Waals surface area (Å²) in [5.74, 6) is -0.740. The maximum Gasteiger partial charge on any atom is 0.379 e. The Morgan fingerprint density at radius 1 is 0.857 bits per heavy atom. The lowest BCUT2D eigenvalue weighted by molar-refractivity contribution is 0.0600. The zero-order valence-corrected chi connectivity index (χ0v) is 18.8. The lowest BCUT2D eigenvalue weighted by Gasteiger charge is -2.07. The van der Waals surface area contributed by atoms with Crippen LogP contribution < -0.4 is 14.9 Å². The Kier molecular flexibility index (Phi) is 5.72. The molecule has 5 aromatic rings. The first-order valence-corrected chi connectivity index (χ1v) is 10.6. The molecule has 2 aromatic heterocycles. The second-order valence-corrected chi connectivity index (χ2v) is 7.82. The first-order valence-electron chi connectivity index (χ1n) is 10.2. The topological polar surface area (TPSA) is 105 Å². The number of halogens is 1. The Hall–Kier alpha value is -4.56. The van der Waals surface area contributed by atoms with Gasteiger partial charge in [0.1, 0.15) is 28.9 Å². The summed E-state index contributed by atoms with van der Waals surface area (Å²) in [5.41, 5.74) is 0.623. The molecule has 0 unspecified atom stereocenters. The molecule has 5 rings (SSSR count). The van der Waals surface area contributed by atoms with Crippen molar-refractivity contribution in [1.82, 2.24) is 0 Å². The summed E-state index contributed by atoms with van der Waals surface area (Å²) in [5, 5.41) is 1.41. The summed E-state index contributed by atoms with van der Waals surface area (Å²) in [6, 6.07) is 17.0. The van der Waals surface area contributed by atoms with Crippen molar-refractivity contribution in [2.45, 2.75) is 0 Å². The molecule has 35 heavy (non-hydrogen) atoms. The number of esters is 2. The number of furan rings is 1. The van der Waals surface area contributed by atoms with Crippen molar-refractivity contribution < 1.29 is 32.6 Å². The highest BCUT2D eigenvalue weighted by atomic mass is 35.5. The third-order valence-corrected chi connectivity index (χ3v) is 5.34. The number of ether oxygens (including phenoxy) is 3. The van der Waals surface area contributed by atoms with Crippen LogP contribution in [0, 0.1) is 0 Å². The summed E-state index contributed by atoms with van der Waals surface area (Å²) >= 11 is 5.97. The fraction of sp³-hybridized carbons (Fsp3) is 0.0385. The molecule has 0 saturated carbocycles. The second-order valence-electron chi connectivity index (χ2n) is 7.39. The summed E-state index contributed by atoms with van der Waals surface area (Å²) in [6.45, 7) is 0. The van der Waals surface area contributed by atoms with E-state index in [1.54, 1.807) is 18.2 Å². The minimum atomic E-state index is -0.714. The van der Waals surface area contributed by atoms with Gasteiger partial charge in [0.2, 0.25) is 16.9 Å². The number of benzene rings is 3. The molecule has 0 aliphatic rings. The van der Waals surface area contributed by atoms with E-state index >= 15 is 0 Å². The molecule has 0 aliphatic heterocycles. The van der Waals surface area contributed by atoms with E-state index in [-0.39, 0.29) is 28.2 Å². The first kappa shape index (κ1) is 22.2. The Labute approximate surface area is 202 Å². The zero-order chi connectivity index (χ0) is 24.5. The lowest BCUT2D eigenvalue weighted by atomic mass is 10.2. The van der Waals surface area contributed by atoms with E-state index in [1.165, 1.54) is 55.6 Å². The highest BCUT2D eigenvalue weighted by molar-refractivity contribution is 6.31. The van der Waals surface area contributed by atoms with Gasteiger partial charge in [-0.15, -0.1) is 0 Å². The van der Waals surface area contributed by atoms with Gasteiger partial charge in [-0.05, 0) is 60.7 Å². The number of hydrogen-bond acceptors (Lipinski definition) is 8. The minimum absolute atomic E-state index is 0.00535. The molecule has 0 atom stereocenters. The van der Waals surface area contributed by atoms with E-state index in [2.05, 4.69) is 4.74 Å². The van der Waals surface area contributed by atoms with Gasteiger partial charge in [-0.3, -0.25) is 4.79 Å². The molecule has 0 fully saturated rings. The summed E-state index contributed by atoms with van der Waals surface area (Å²) in [7, 11) is 1.29. The van der Waals surface area contributed by atoms with Gasteiger partial charge in [0.15, 0.2) is 0 Å². The van der Waals surface area contributed by atoms with Crippen LogP contribution in [0.4, 0.5) is 0 Å². The van der Waals surface area contributed by atoms with Crippen LogP contribution in [0.3, 0.4) is 0 Å². The number of hydrogen-bond donors (Lipinski definition) is 0. The van der Waals surface area contributed by atoms with Crippen LogP contribution in [-0.2, 0) is 4.74 Å². The van der Waals surface area contributed by atoms with E-state index < -0.39 is 17.4 Å². The molecular formula is C26H15ClO8. The van der Waals surface area contributed by atoms with Gasteiger partial charge in [0.25, 0.3) is 0 Å². The van der Waals surface area contributed by atoms with Crippen molar-refractivity contribution in [2.75, 3.05) is 7.11 Å². The normalized spacial score (nSPS) is 10.9. The Morgan fingerprint density at radius 2 is 1.63 bits per heavy atom. The van der Waals surface area contributed by atoms with Crippen molar-refractivity contribution in [2.24, 2.45) is 0 Å². The number of carbonyl (C=O) groups is 2. The SMILES string of the molecule is COC(=O)c1ccc(Oc2coc3cc(OC(=O)c4cc5cc(Cl)ccc5o4)ccc3c2=O)cc1. The molecule has 0 bridgehead atoms. The predicted octanol–water partition coefficient (Wildman–Crippen LogP) is 5.99. The third kappa shape index (κ3) is 4.47. The zero-order valence-electron chi connectivity index (χ0n) is 18.1. The van der Waals surface area contributed by atoms with Gasteiger partial charge >= 0.3 is 11.9 Å². The van der Waals surface area contributed by atoms with Gasteiger partial charge in [0.05, 0.1) is 18.1 Å². The molecule has 0 radical (unpaired) electrons. The summed E-state index contributed by atoms with van der Waals surface area (Å²) in [6.07, 6.45) is 1.16. The molecule has 0 spiro atoms. The number of methoxy groups -OCH3 is 1. The van der Waals surface area contributed by atoms with Crippen molar-refractivity contribution in [3.05, 3.63) is 99.6 Å². The van der Waals surface area contributed by atoms with Crippen LogP contribution in [0.5, 0.6) is 17.2 Å². The predicted molar refractivity (Wildman–Crippen MR) is 127 cm³/mol. The molecule has 0 amide bonds. The lowest BCUT2D eigenvalue weighted by Crippen LogP contribution is -2.08. The van der Waals surface area contributed by atoms with Gasteiger partial charge in [-0.2, -0.15) is 0 Å². The number of rotatable bonds is 5. The van der Waals surface area contributed by atoms with Crippen molar-refractivity contribution in [3.63, 3.8) is 0 Å². The smallest absolute Gasteiger partial charge is 0.379 e. The molecule has 2 heterocycles. The maximum atomic E-state index is 12.8. The fourth-order valence-corrected chi connectivity index (χ4v) is 3.58. The highest BCUT2D eigenvalue weighted by Gasteiger charge is 2.17. The molecule has 174 valence electrons. The second kappa shape index (κ2) is 9.00. The van der Waals surface area contributed by atoms with E-state index in [4.69, 9.17) is 29.9 Å². The van der Waals surface area contributed by atoms with Crippen LogP contribution in [0.15, 0.2) is 86.6 Å². The van der Waals surface area contributed by atoms with Gasteiger partial charge < -0.3 is 23.0 Å². The van der Waals surface area contributed by atoms with Crippen LogP contribution in [0.25, 0.3) is 21.9 Å². The highest BCUT2D eigenvalue weighted by Crippen LogP contribution is 2.27. The first-order chi connectivity index (χ1) is 16.9. The van der Waals surface area contributed by atoms with Crippen LogP contribution in [-0.4, -0.2) is 19.0 Å². The van der Waals surface area contributed by atoms with E-state index in [0.717, 1.165) is 6.26 Å². The monoisotopic (exact) mass is 490 g/mol. The molecule has 0 saturated heterocycles. The Morgan fingerprint density at radius 3 is 2.40 bits per heavy atom. The Balaban J connectivity index is 1.36.